The first-order valence-corrected chi connectivity index (χ1v) is 8.25. The van der Waals surface area contributed by atoms with E-state index in [1.54, 1.807) is 24.3 Å². The molecule has 0 saturated heterocycles. The molecular weight excluding hydrogens is 340 g/mol. The minimum absolute atomic E-state index is 0.0570. The molecule has 0 spiro atoms. The van der Waals surface area contributed by atoms with Crippen molar-refractivity contribution in [1.29, 1.82) is 0 Å². The maximum absolute atomic E-state index is 12.2. The van der Waals surface area contributed by atoms with Gasteiger partial charge in [0, 0.05) is 18.9 Å². The highest BCUT2D eigenvalue weighted by Crippen LogP contribution is 2.21. The van der Waals surface area contributed by atoms with E-state index in [0.29, 0.717) is 11.3 Å². The Bertz CT molecular complexity index is 785. The Morgan fingerprint density at radius 1 is 1.19 bits per heavy atom. The summed E-state index contributed by atoms with van der Waals surface area (Å²) in [6.07, 6.45) is 2.22. The van der Waals surface area contributed by atoms with Crippen molar-refractivity contribution in [3.8, 4) is 0 Å². The van der Waals surface area contributed by atoms with Crippen LogP contribution in [0.15, 0.2) is 29.4 Å². The Balaban J connectivity index is 1.54. The maximum Gasteiger partial charge on any atom is 0.355 e. The summed E-state index contributed by atoms with van der Waals surface area (Å²) in [6, 6.07) is 6.80. The van der Waals surface area contributed by atoms with Crippen LogP contribution in [0.1, 0.15) is 36.0 Å². The lowest BCUT2D eigenvalue weighted by Gasteiger charge is -2.13. The summed E-state index contributed by atoms with van der Waals surface area (Å²) in [5, 5.41) is 9.02. The number of hydrogen-bond acceptors (Lipinski definition) is 6. The normalized spacial score (nSPS) is 16.2. The zero-order valence-electron chi connectivity index (χ0n) is 13.9. The number of anilines is 1. The number of rotatable bonds is 6. The Hall–Kier alpha value is -3.23. The first-order chi connectivity index (χ1) is 12.5. The monoisotopic (exact) mass is 358 g/mol. The van der Waals surface area contributed by atoms with Crippen molar-refractivity contribution in [3.05, 3.63) is 29.8 Å². The highest BCUT2D eigenvalue weighted by molar-refractivity contribution is 6.37. The first-order valence-electron chi connectivity index (χ1n) is 8.25. The van der Waals surface area contributed by atoms with Crippen LogP contribution in [-0.2, 0) is 19.1 Å². The number of nitrogens with one attached hydrogen (secondary N) is 3. The smallest absolute Gasteiger partial charge is 0.355 e. The molecule has 0 radical (unpaired) electrons. The van der Waals surface area contributed by atoms with Gasteiger partial charge in [-0.15, -0.1) is 0 Å². The van der Waals surface area contributed by atoms with Gasteiger partial charge >= 0.3 is 5.97 Å². The average Bonchev–Trinajstić information content (AvgIpc) is 3.44. The number of amides is 3. The molecule has 2 aliphatic rings. The highest BCUT2D eigenvalue weighted by Gasteiger charge is 2.25. The van der Waals surface area contributed by atoms with Gasteiger partial charge in [-0.3, -0.25) is 14.4 Å². The standard InChI is InChI=1S/C17H18N4O5/c22-14-8-7-13(20-21-14)17(25)26-9-15(23)19-12-4-2-1-3-11(12)16(24)18-10-5-6-10/h1-4,10H,5-9H2,(H,18,24)(H,19,23)(H,21,22). The Morgan fingerprint density at radius 3 is 2.65 bits per heavy atom. The van der Waals surface area contributed by atoms with Crippen molar-refractivity contribution >= 4 is 35.1 Å². The molecule has 3 N–H and O–H groups in total. The number of nitrogens with zero attached hydrogens (tertiary/aromatic N) is 1. The maximum atomic E-state index is 12.2. The van der Waals surface area contributed by atoms with E-state index < -0.39 is 18.5 Å². The fraction of sp³-hybridized carbons (Fsp3) is 0.353. The summed E-state index contributed by atoms with van der Waals surface area (Å²) in [6.45, 7) is -0.523. The number of benzene rings is 1. The van der Waals surface area contributed by atoms with Crippen LogP contribution < -0.4 is 16.1 Å². The lowest BCUT2D eigenvalue weighted by Crippen LogP contribution is -2.32. The predicted octanol–water partition coefficient (Wildman–Crippen LogP) is 0.326. The van der Waals surface area contributed by atoms with Gasteiger partial charge in [0.1, 0.15) is 5.71 Å². The molecule has 1 aromatic rings. The summed E-state index contributed by atoms with van der Waals surface area (Å²) < 4.78 is 4.89. The van der Waals surface area contributed by atoms with Crippen LogP contribution in [0.25, 0.3) is 0 Å². The third-order valence-electron chi connectivity index (χ3n) is 3.83. The molecule has 0 bridgehead atoms. The van der Waals surface area contributed by atoms with Crippen molar-refractivity contribution in [3.63, 3.8) is 0 Å². The summed E-state index contributed by atoms with van der Waals surface area (Å²) >= 11 is 0. The van der Waals surface area contributed by atoms with Gasteiger partial charge in [-0.1, -0.05) is 12.1 Å². The molecule has 9 nitrogen and oxygen atoms in total. The van der Waals surface area contributed by atoms with E-state index in [0.717, 1.165) is 12.8 Å². The third kappa shape index (κ3) is 4.65. The Morgan fingerprint density at radius 2 is 1.96 bits per heavy atom. The molecule has 1 fully saturated rings. The molecule has 1 saturated carbocycles. The van der Waals surface area contributed by atoms with E-state index in [9.17, 15) is 19.2 Å². The van der Waals surface area contributed by atoms with E-state index >= 15 is 0 Å². The van der Waals surface area contributed by atoms with Crippen molar-refractivity contribution in [1.82, 2.24) is 10.7 Å². The van der Waals surface area contributed by atoms with Crippen LogP contribution in [0.4, 0.5) is 5.69 Å². The first kappa shape index (κ1) is 17.6. The van der Waals surface area contributed by atoms with Crippen molar-refractivity contribution in [2.75, 3.05) is 11.9 Å². The van der Waals surface area contributed by atoms with Gasteiger partial charge in [0.25, 0.3) is 11.8 Å². The molecule has 1 aliphatic heterocycles. The van der Waals surface area contributed by atoms with Crippen LogP contribution in [0, 0.1) is 0 Å². The van der Waals surface area contributed by atoms with Crippen LogP contribution >= 0.6 is 0 Å². The van der Waals surface area contributed by atoms with Gasteiger partial charge in [0.2, 0.25) is 5.91 Å². The van der Waals surface area contributed by atoms with Gasteiger partial charge in [-0.05, 0) is 25.0 Å². The van der Waals surface area contributed by atoms with Gasteiger partial charge in [-0.2, -0.15) is 5.10 Å². The van der Waals surface area contributed by atoms with Crippen LogP contribution in [0.3, 0.4) is 0 Å². The fourth-order valence-electron chi connectivity index (χ4n) is 2.30. The lowest BCUT2D eigenvalue weighted by atomic mass is 10.1. The van der Waals surface area contributed by atoms with Gasteiger partial charge in [0.15, 0.2) is 6.61 Å². The predicted molar refractivity (Wildman–Crippen MR) is 91.3 cm³/mol. The number of esters is 1. The summed E-state index contributed by atoms with van der Waals surface area (Å²) in [7, 11) is 0. The number of hydrazone groups is 1. The SMILES string of the molecule is O=C1CCC(C(=O)OCC(=O)Nc2ccccc2C(=O)NC2CC2)=NN1. The van der Waals surface area contributed by atoms with Gasteiger partial charge < -0.3 is 15.4 Å². The van der Waals surface area contributed by atoms with E-state index in [1.165, 1.54) is 0 Å². The second-order valence-corrected chi connectivity index (χ2v) is 6.01. The summed E-state index contributed by atoms with van der Waals surface area (Å²) in [5.41, 5.74) is 2.93. The quantitative estimate of drug-likeness (QED) is 0.632. The minimum Gasteiger partial charge on any atom is -0.451 e. The zero-order chi connectivity index (χ0) is 18.5. The largest absolute Gasteiger partial charge is 0.451 e. The van der Waals surface area contributed by atoms with Crippen molar-refractivity contribution in [2.45, 2.75) is 31.7 Å². The van der Waals surface area contributed by atoms with E-state index in [4.69, 9.17) is 4.74 Å². The van der Waals surface area contributed by atoms with Crippen molar-refractivity contribution < 1.29 is 23.9 Å². The van der Waals surface area contributed by atoms with Gasteiger partial charge in [0.05, 0.1) is 11.3 Å². The lowest BCUT2D eigenvalue weighted by molar-refractivity contribution is -0.140. The fourth-order valence-corrected chi connectivity index (χ4v) is 2.30. The minimum atomic E-state index is -0.764. The second-order valence-electron chi connectivity index (χ2n) is 6.01. The highest BCUT2D eigenvalue weighted by atomic mass is 16.5. The number of ether oxygens (including phenoxy) is 1. The molecular formula is C17H18N4O5. The Labute approximate surface area is 149 Å². The van der Waals surface area contributed by atoms with Crippen LogP contribution in [-0.4, -0.2) is 42.1 Å². The molecule has 9 heteroatoms. The summed E-state index contributed by atoms with van der Waals surface area (Å²) in [4.78, 5) is 47.0. The molecule has 1 heterocycles. The van der Waals surface area contributed by atoms with Crippen LogP contribution in [0.5, 0.6) is 0 Å². The number of para-hydroxylation sites is 1. The van der Waals surface area contributed by atoms with E-state index in [2.05, 4.69) is 21.2 Å². The van der Waals surface area contributed by atoms with E-state index in [-0.39, 0.29) is 36.4 Å². The molecule has 136 valence electrons. The molecule has 3 rings (SSSR count). The molecule has 26 heavy (non-hydrogen) atoms. The van der Waals surface area contributed by atoms with Gasteiger partial charge in [-0.25, -0.2) is 10.2 Å². The second kappa shape index (κ2) is 7.77. The molecule has 1 aliphatic carbocycles. The van der Waals surface area contributed by atoms with Crippen LogP contribution in [0.2, 0.25) is 0 Å². The topological polar surface area (TPSA) is 126 Å². The summed E-state index contributed by atoms with van der Waals surface area (Å²) in [5.74, 6) is -1.88. The third-order valence-corrected chi connectivity index (χ3v) is 3.83. The molecule has 0 atom stereocenters. The molecule has 0 unspecified atom stereocenters. The molecule has 0 aromatic heterocycles. The Kier molecular flexibility index (Phi) is 5.26. The number of carbonyl (C=O) groups excluding carboxylic acids is 4. The molecule has 1 aromatic carbocycles. The zero-order valence-corrected chi connectivity index (χ0v) is 13.9. The van der Waals surface area contributed by atoms with E-state index in [1.807, 2.05) is 0 Å². The number of carbonyl (C=O) groups is 4. The molecule has 3 amide bonds. The number of hydrogen-bond donors (Lipinski definition) is 3. The average molecular weight is 358 g/mol. The van der Waals surface area contributed by atoms with Crippen molar-refractivity contribution in [2.24, 2.45) is 5.10 Å².